The topological polar surface area (TPSA) is 48.2 Å². The van der Waals surface area contributed by atoms with Crippen molar-refractivity contribution in [3.8, 4) is 22.8 Å². The van der Waals surface area contributed by atoms with Crippen LogP contribution >= 0.6 is 11.3 Å². The van der Waals surface area contributed by atoms with Gasteiger partial charge in [-0.3, -0.25) is 4.90 Å². The third-order valence-corrected chi connectivity index (χ3v) is 6.31. The molecule has 7 heteroatoms. The van der Waals surface area contributed by atoms with Gasteiger partial charge in [-0.2, -0.15) is 0 Å². The second-order valence-corrected chi connectivity index (χ2v) is 8.21. The van der Waals surface area contributed by atoms with Crippen LogP contribution in [-0.2, 0) is 11.3 Å². The van der Waals surface area contributed by atoms with Crippen molar-refractivity contribution in [3.63, 3.8) is 0 Å². The van der Waals surface area contributed by atoms with E-state index in [4.69, 9.17) is 19.2 Å². The molecule has 0 aliphatic carbocycles. The number of hydrogen-bond acceptors (Lipinski definition) is 6. The van der Waals surface area contributed by atoms with E-state index in [1.165, 1.54) is 5.69 Å². The molecule has 1 aliphatic heterocycles. The molecule has 0 atom stereocenters. The fourth-order valence-corrected chi connectivity index (χ4v) is 4.68. The molecule has 31 heavy (non-hydrogen) atoms. The van der Waals surface area contributed by atoms with E-state index in [-0.39, 0.29) is 0 Å². The highest BCUT2D eigenvalue weighted by molar-refractivity contribution is 7.07. The molecule has 0 N–H and O–H groups in total. The van der Waals surface area contributed by atoms with E-state index in [1.807, 2.05) is 36.4 Å². The van der Waals surface area contributed by atoms with E-state index in [2.05, 4.69) is 27.0 Å². The lowest BCUT2D eigenvalue weighted by Crippen LogP contribution is -2.37. The van der Waals surface area contributed by atoms with Crippen LogP contribution in [0, 0.1) is 0 Å². The van der Waals surface area contributed by atoms with Gasteiger partial charge in [-0.25, -0.2) is 4.99 Å². The fraction of sp³-hybridized carbons (Fsp3) is 0.375. The number of ether oxygens (including phenoxy) is 3. The largest absolute Gasteiger partial charge is 0.497 e. The van der Waals surface area contributed by atoms with Gasteiger partial charge in [-0.05, 0) is 48.4 Å². The van der Waals surface area contributed by atoms with Gasteiger partial charge in [0.1, 0.15) is 17.2 Å². The smallest absolute Gasteiger partial charge is 0.190 e. The number of morpholine rings is 1. The van der Waals surface area contributed by atoms with Crippen LogP contribution in [0.3, 0.4) is 0 Å². The normalized spacial score (nSPS) is 15.2. The Morgan fingerprint density at radius 3 is 2.48 bits per heavy atom. The molecule has 2 aromatic carbocycles. The standard InChI is InChI=1S/C24H29N3O3S/c1-28-20-10-8-19(9-11-20)22-18-31-24(25-21-6-3-4-7-23(21)29-2)27(22)13-5-12-26-14-16-30-17-15-26/h3-4,6-11,18H,5,12-17H2,1-2H3. The lowest BCUT2D eigenvalue weighted by Gasteiger charge is -2.26. The second kappa shape index (κ2) is 10.6. The molecule has 0 radical (unpaired) electrons. The van der Waals surface area contributed by atoms with Gasteiger partial charge in [0, 0.05) is 31.6 Å². The third kappa shape index (κ3) is 5.36. The Balaban J connectivity index is 1.65. The summed E-state index contributed by atoms with van der Waals surface area (Å²) in [5.41, 5.74) is 3.17. The first-order valence-electron chi connectivity index (χ1n) is 10.6. The number of para-hydroxylation sites is 2. The Labute approximate surface area is 187 Å². The van der Waals surface area contributed by atoms with Crippen LogP contribution < -0.4 is 14.3 Å². The van der Waals surface area contributed by atoms with Crippen molar-refractivity contribution in [2.24, 2.45) is 4.99 Å². The van der Waals surface area contributed by atoms with Gasteiger partial charge in [0.05, 0.1) is 33.1 Å². The van der Waals surface area contributed by atoms with E-state index >= 15 is 0 Å². The zero-order valence-corrected chi connectivity index (χ0v) is 18.9. The number of nitrogens with zero attached hydrogens (tertiary/aromatic N) is 3. The molecule has 3 aromatic rings. The summed E-state index contributed by atoms with van der Waals surface area (Å²) < 4.78 is 18.6. The molecule has 6 nitrogen and oxygen atoms in total. The minimum absolute atomic E-state index is 0.779. The van der Waals surface area contributed by atoms with Crippen molar-refractivity contribution in [1.82, 2.24) is 9.47 Å². The molecule has 0 saturated carbocycles. The fourth-order valence-electron chi connectivity index (χ4n) is 3.73. The summed E-state index contributed by atoms with van der Waals surface area (Å²) in [4.78, 5) is 8.40. The van der Waals surface area contributed by atoms with Crippen molar-refractivity contribution in [2.75, 3.05) is 47.1 Å². The van der Waals surface area contributed by atoms with Crippen molar-refractivity contribution in [2.45, 2.75) is 13.0 Å². The lowest BCUT2D eigenvalue weighted by atomic mass is 10.1. The number of thiazole rings is 1. The quantitative estimate of drug-likeness (QED) is 0.528. The molecule has 0 bridgehead atoms. The minimum Gasteiger partial charge on any atom is -0.497 e. The van der Waals surface area contributed by atoms with Gasteiger partial charge < -0.3 is 18.8 Å². The van der Waals surface area contributed by atoms with E-state index < -0.39 is 0 Å². The van der Waals surface area contributed by atoms with Crippen LogP contribution in [0.2, 0.25) is 0 Å². The summed E-state index contributed by atoms with van der Waals surface area (Å²) in [6.07, 6.45) is 1.05. The molecule has 164 valence electrons. The van der Waals surface area contributed by atoms with Crippen molar-refractivity contribution >= 4 is 17.0 Å². The summed E-state index contributed by atoms with van der Waals surface area (Å²) in [6.45, 7) is 5.64. The highest BCUT2D eigenvalue weighted by Gasteiger charge is 2.12. The highest BCUT2D eigenvalue weighted by atomic mass is 32.1. The number of hydrogen-bond donors (Lipinski definition) is 0. The van der Waals surface area contributed by atoms with Gasteiger partial charge in [0.15, 0.2) is 4.80 Å². The minimum atomic E-state index is 0.779. The van der Waals surface area contributed by atoms with Crippen molar-refractivity contribution in [3.05, 3.63) is 58.7 Å². The predicted octanol–water partition coefficient (Wildman–Crippen LogP) is 4.19. The zero-order valence-electron chi connectivity index (χ0n) is 18.1. The molecule has 0 amide bonds. The van der Waals surface area contributed by atoms with Gasteiger partial charge >= 0.3 is 0 Å². The molecule has 2 heterocycles. The van der Waals surface area contributed by atoms with Crippen LogP contribution in [0.5, 0.6) is 11.5 Å². The molecule has 1 aliphatic rings. The third-order valence-electron chi connectivity index (χ3n) is 5.44. The van der Waals surface area contributed by atoms with Gasteiger partial charge in [-0.15, -0.1) is 11.3 Å². The number of aromatic nitrogens is 1. The summed E-state index contributed by atoms with van der Waals surface area (Å²) in [5.74, 6) is 1.64. The Bertz CT molecular complexity index is 1040. The van der Waals surface area contributed by atoms with Gasteiger partial charge in [0.25, 0.3) is 0 Å². The summed E-state index contributed by atoms with van der Waals surface area (Å²) in [5, 5.41) is 2.19. The first kappa shape index (κ1) is 21.6. The first-order chi connectivity index (χ1) is 15.3. The van der Waals surface area contributed by atoms with Crippen molar-refractivity contribution in [1.29, 1.82) is 0 Å². The number of methoxy groups -OCH3 is 2. The maximum Gasteiger partial charge on any atom is 0.190 e. The van der Waals surface area contributed by atoms with Crippen LogP contribution in [0.4, 0.5) is 5.69 Å². The van der Waals surface area contributed by atoms with Crippen LogP contribution in [-0.4, -0.2) is 56.5 Å². The molecule has 0 spiro atoms. The van der Waals surface area contributed by atoms with Crippen LogP contribution in [0.25, 0.3) is 11.3 Å². The first-order valence-corrected chi connectivity index (χ1v) is 11.5. The van der Waals surface area contributed by atoms with E-state index in [0.717, 1.165) is 73.4 Å². The van der Waals surface area contributed by atoms with Crippen LogP contribution in [0.15, 0.2) is 58.9 Å². The van der Waals surface area contributed by atoms with Crippen molar-refractivity contribution < 1.29 is 14.2 Å². The molecule has 1 saturated heterocycles. The maximum absolute atomic E-state index is 5.50. The lowest BCUT2D eigenvalue weighted by molar-refractivity contribution is 0.0369. The zero-order chi connectivity index (χ0) is 21.5. The molecule has 1 aromatic heterocycles. The van der Waals surface area contributed by atoms with E-state index in [1.54, 1.807) is 25.6 Å². The Hall–Kier alpha value is -2.61. The summed E-state index contributed by atoms with van der Waals surface area (Å²) in [7, 11) is 3.37. The van der Waals surface area contributed by atoms with Gasteiger partial charge in [-0.1, -0.05) is 12.1 Å². The van der Waals surface area contributed by atoms with E-state index in [9.17, 15) is 0 Å². The Kier molecular flexibility index (Phi) is 7.40. The SMILES string of the molecule is COc1ccc(-c2csc(=Nc3ccccc3OC)n2CCCN2CCOCC2)cc1. The molecule has 0 unspecified atom stereocenters. The average Bonchev–Trinajstić information content (AvgIpc) is 3.22. The van der Waals surface area contributed by atoms with E-state index in [0.29, 0.717) is 0 Å². The molecule has 4 rings (SSSR count). The average molecular weight is 440 g/mol. The maximum atomic E-state index is 5.50. The Morgan fingerprint density at radius 1 is 0.968 bits per heavy atom. The van der Waals surface area contributed by atoms with Gasteiger partial charge in [0.2, 0.25) is 0 Å². The molecule has 1 fully saturated rings. The number of benzene rings is 2. The summed E-state index contributed by atoms with van der Waals surface area (Å²) in [6, 6.07) is 16.1. The predicted molar refractivity (Wildman–Crippen MR) is 124 cm³/mol. The highest BCUT2D eigenvalue weighted by Crippen LogP contribution is 2.27. The Morgan fingerprint density at radius 2 is 1.74 bits per heavy atom. The van der Waals surface area contributed by atoms with Crippen LogP contribution in [0.1, 0.15) is 6.42 Å². The monoisotopic (exact) mass is 439 g/mol. The number of rotatable bonds is 8. The molecular formula is C24H29N3O3S. The second-order valence-electron chi connectivity index (χ2n) is 7.37. The molecular weight excluding hydrogens is 410 g/mol. The summed E-state index contributed by atoms with van der Waals surface area (Å²) >= 11 is 1.66.